The van der Waals surface area contributed by atoms with Gasteiger partial charge in [-0.15, -0.1) is 0 Å². The molecule has 4 heteroatoms. The van der Waals surface area contributed by atoms with Crippen LogP contribution in [0.1, 0.15) is 39.9 Å². The molecule has 2 N–H and O–H groups in total. The molecule has 0 atom stereocenters. The van der Waals surface area contributed by atoms with E-state index in [9.17, 15) is 4.79 Å². The summed E-state index contributed by atoms with van der Waals surface area (Å²) in [6.07, 6.45) is 6.64. The van der Waals surface area contributed by atoms with E-state index in [0.29, 0.717) is 5.56 Å². The quantitative estimate of drug-likeness (QED) is 0.820. The zero-order chi connectivity index (χ0) is 20.2. The highest BCUT2D eigenvalue weighted by Crippen LogP contribution is 2.26. The Hall–Kier alpha value is -2.69. The van der Waals surface area contributed by atoms with Gasteiger partial charge in [-0.25, -0.2) is 0 Å². The fourth-order valence-electron chi connectivity index (χ4n) is 4.04. The summed E-state index contributed by atoms with van der Waals surface area (Å²) in [5.74, 6) is -0.0640. The molecular weight excluding hydrogens is 358 g/mol. The second-order valence-electron chi connectivity index (χ2n) is 7.99. The first-order valence-corrected chi connectivity index (χ1v) is 10.4. The first-order valence-electron chi connectivity index (χ1n) is 10.4. The van der Waals surface area contributed by atoms with Crippen LogP contribution in [-0.2, 0) is 0 Å². The summed E-state index contributed by atoms with van der Waals surface area (Å²) in [5.41, 5.74) is 7.93. The zero-order valence-corrected chi connectivity index (χ0v) is 17.3. The van der Waals surface area contributed by atoms with Gasteiger partial charge in [0, 0.05) is 30.9 Å². The van der Waals surface area contributed by atoms with Crippen molar-refractivity contribution in [2.75, 3.05) is 38.5 Å². The van der Waals surface area contributed by atoms with Crippen molar-refractivity contribution in [1.29, 1.82) is 0 Å². The molecule has 1 amide bonds. The molecule has 2 aliphatic heterocycles. The molecule has 0 unspecified atom stereocenters. The van der Waals surface area contributed by atoms with E-state index in [-0.39, 0.29) is 5.91 Å². The lowest BCUT2D eigenvalue weighted by molar-refractivity contribution is 0.102. The lowest BCUT2D eigenvalue weighted by Gasteiger charge is -2.23. The summed E-state index contributed by atoms with van der Waals surface area (Å²) in [6.45, 7) is 6.11. The normalized spacial score (nSPS) is 17.4. The van der Waals surface area contributed by atoms with Crippen molar-refractivity contribution in [3.63, 3.8) is 0 Å². The minimum atomic E-state index is -0.0640. The summed E-state index contributed by atoms with van der Waals surface area (Å²) in [6, 6.07) is 14.2. The van der Waals surface area contributed by atoms with E-state index in [1.807, 2.05) is 24.3 Å². The lowest BCUT2D eigenvalue weighted by atomic mass is 9.94. The van der Waals surface area contributed by atoms with Crippen LogP contribution in [0.5, 0.6) is 0 Å². The number of nitrogens with zero attached hydrogens (tertiary/aromatic N) is 1. The van der Waals surface area contributed by atoms with E-state index in [4.69, 9.17) is 0 Å². The average Bonchev–Trinajstić information content (AvgIpc) is 2.75. The van der Waals surface area contributed by atoms with Crippen LogP contribution in [0.15, 0.2) is 54.6 Å². The highest BCUT2D eigenvalue weighted by molar-refractivity contribution is 6.04. The van der Waals surface area contributed by atoms with Gasteiger partial charge in [0.2, 0.25) is 0 Å². The second-order valence-corrected chi connectivity index (χ2v) is 7.99. The van der Waals surface area contributed by atoms with Crippen molar-refractivity contribution in [2.24, 2.45) is 0 Å². The van der Waals surface area contributed by atoms with Gasteiger partial charge in [0.25, 0.3) is 5.91 Å². The second kappa shape index (κ2) is 8.76. The zero-order valence-electron chi connectivity index (χ0n) is 17.3. The average molecular weight is 388 g/mol. The summed E-state index contributed by atoms with van der Waals surface area (Å²) < 4.78 is 0. The highest BCUT2D eigenvalue weighted by Gasteiger charge is 2.14. The minimum Gasteiger partial charge on any atom is -0.322 e. The number of rotatable bonds is 4. The Morgan fingerprint density at radius 1 is 1.03 bits per heavy atom. The molecular formula is C25H29N3O. The number of likely N-dealkylation sites (N-methyl/N-ethyl adjacent to an activating group) is 1. The molecule has 0 spiro atoms. The first kappa shape index (κ1) is 19.6. The number of amides is 1. The van der Waals surface area contributed by atoms with Crippen molar-refractivity contribution in [3.05, 3.63) is 76.9 Å². The maximum Gasteiger partial charge on any atom is 0.255 e. The Morgan fingerprint density at radius 2 is 1.86 bits per heavy atom. The number of nitrogens with one attached hydrogen (secondary N) is 2. The summed E-state index contributed by atoms with van der Waals surface area (Å²) >= 11 is 0. The standard InChI is InChI=1S/C25H29N3O/c1-18-17-22(5-8-24(18)21-11-15-28(2)16-12-21)25(29)27-23-6-3-19(4-7-23)20-9-13-26-14-10-20/h3-9,11,17,26H,10,12-16H2,1-2H3,(H,27,29). The molecule has 29 heavy (non-hydrogen) atoms. The molecule has 2 aromatic rings. The summed E-state index contributed by atoms with van der Waals surface area (Å²) in [7, 11) is 2.14. The van der Waals surface area contributed by atoms with Gasteiger partial charge < -0.3 is 15.5 Å². The van der Waals surface area contributed by atoms with Gasteiger partial charge in [0.15, 0.2) is 0 Å². The van der Waals surface area contributed by atoms with Gasteiger partial charge in [-0.1, -0.05) is 30.4 Å². The minimum absolute atomic E-state index is 0.0640. The smallest absolute Gasteiger partial charge is 0.255 e. The van der Waals surface area contributed by atoms with Crippen LogP contribution in [0, 0.1) is 6.92 Å². The van der Waals surface area contributed by atoms with Crippen molar-refractivity contribution in [2.45, 2.75) is 19.8 Å². The highest BCUT2D eigenvalue weighted by atomic mass is 16.1. The molecule has 4 nitrogen and oxygen atoms in total. The summed E-state index contributed by atoms with van der Waals surface area (Å²) in [5, 5.41) is 6.36. The fraction of sp³-hybridized carbons (Fsp3) is 0.320. The van der Waals surface area contributed by atoms with Gasteiger partial charge in [-0.2, -0.15) is 0 Å². The third kappa shape index (κ3) is 4.66. The number of benzene rings is 2. The van der Waals surface area contributed by atoms with Crippen LogP contribution >= 0.6 is 0 Å². The number of hydrogen-bond donors (Lipinski definition) is 2. The Labute approximate surface area is 173 Å². The van der Waals surface area contributed by atoms with Crippen LogP contribution in [0.3, 0.4) is 0 Å². The van der Waals surface area contributed by atoms with E-state index < -0.39 is 0 Å². The molecule has 2 heterocycles. The first-order chi connectivity index (χ1) is 14.1. The van der Waals surface area contributed by atoms with Gasteiger partial charge in [0.1, 0.15) is 0 Å². The van der Waals surface area contributed by atoms with E-state index in [1.165, 1.54) is 22.3 Å². The Bertz CT molecular complexity index is 957. The number of hydrogen-bond acceptors (Lipinski definition) is 3. The van der Waals surface area contributed by atoms with Crippen molar-refractivity contribution in [1.82, 2.24) is 10.2 Å². The predicted molar refractivity (Wildman–Crippen MR) is 121 cm³/mol. The summed E-state index contributed by atoms with van der Waals surface area (Å²) in [4.78, 5) is 15.0. The number of carbonyl (C=O) groups excluding carboxylic acids is 1. The molecule has 0 aliphatic carbocycles. The molecule has 0 fully saturated rings. The van der Waals surface area contributed by atoms with Crippen molar-refractivity contribution < 1.29 is 4.79 Å². The van der Waals surface area contributed by atoms with Gasteiger partial charge in [0.05, 0.1) is 0 Å². The Kier molecular flexibility index (Phi) is 5.93. The van der Waals surface area contributed by atoms with Gasteiger partial charge in [-0.05, 0) is 85.5 Å². The van der Waals surface area contributed by atoms with Crippen LogP contribution in [-0.4, -0.2) is 44.0 Å². The molecule has 4 rings (SSSR count). The molecule has 0 saturated carbocycles. The third-order valence-electron chi connectivity index (χ3n) is 5.82. The predicted octanol–water partition coefficient (Wildman–Crippen LogP) is 4.34. The van der Waals surface area contributed by atoms with E-state index in [2.05, 4.69) is 59.9 Å². The van der Waals surface area contributed by atoms with Crippen LogP contribution in [0.4, 0.5) is 5.69 Å². The van der Waals surface area contributed by atoms with Crippen LogP contribution in [0.2, 0.25) is 0 Å². The molecule has 2 aliphatic rings. The van der Waals surface area contributed by atoms with E-state index in [0.717, 1.165) is 50.3 Å². The van der Waals surface area contributed by atoms with Gasteiger partial charge in [-0.3, -0.25) is 4.79 Å². The molecule has 150 valence electrons. The topological polar surface area (TPSA) is 44.4 Å². The van der Waals surface area contributed by atoms with Crippen molar-refractivity contribution >= 4 is 22.7 Å². The molecule has 0 saturated heterocycles. The molecule has 0 bridgehead atoms. The largest absolute Gasteiger partial charge is 0.322 e. The lowest BCUT2D eigenvalue weighted by Crippen LogP contribution is -2.23. The Balaban J connectivity index is 1.44. The number of aryl methyl sites for hydroxylation is 1. The molecule has 0 radical (unpaired) electrons. The van der Waals surface area contributed by atoms with Crippen molar-refractivity contribution in [3.8, 4) is 0 Å². The van der Waals surface area contributed by atoms with Crippen LogP contribution in [0.25, 0.3) is 11.1 Å². The third-order valence-corrected chi connectivity index (χ3v) is 5.82. The maximum absolute atomic E-state index is 12.7. The van der Waals surface area contributed by atoms with E-state index in [1.54, 1.807) is 0 Å². The Morgan fingerprint density at radius 3 is 2.52 bits per heavy atom. The van der Waals surface area contributed by atoms with Gasteiger partial charge >= 0.3 is 0 Å². The molecule has 0 aromatic heterocycles. The number of carbonyl (C=O) groups is 1. The van der Waals surface area contributed by atoms with Crippen LogP contribution < -0.4 is 10.6 Å². The SMILES string of the molecule is Cc1cc(C(=O)Nc2ccc(C3=CCNCC3)cc2)ccc1C1=CCN(C)CC1. The fourth-order valence-corrected chi connectivity index (χ4v) is 4.04. The number of anilines is 1. The van der Waals surface area contributed by atoms with E-state index >= 15 is 0 Å². The maximum atomic E-state index is 12.7. The molecule has 2 aromatic carbocycles. The monoisotopic (exact) mass is 387 g/mol.